The number of likely N-dealkylation sites (N-methyl/N-ethyl adjacent to an activating group) is 1. The molecule has 0 heterocycles. The van der Waals surface area contributed by atoms with Crippen LogP contribution in [0, 0.1) is 28.1 Å². The summed E-state index contributed by atoms with van der Waals surface area (Å²) < 4.78 is 0. The molecule has 5 atom stereocenters. The largest absolute Gasteiger partial charge is 0.481 e. The molecule has 0 spiro atoms. The number of benzene rings is 2. The zero-order valence-electron chi connectivity index (χ0n) is 38.0. The third-order valence-electron chi connectivity index (χ3n) is 11.6. The first kappa shape index (κ1) is 51.0. The molecule has 1 saturated carbocycles. The summed E-state index contributed by atoms with van der Waals surface area (Å²) in [6.45, 7) is 14.0. The lowest BCUT2D eigenvalue weighted by Gasteiger charge is -2.37. The van der Waals surface area contributed by atoms with Gasteiger partial charge in [-0.05, 0) is 60.0 Å². The van der Waals surface area contributed by atoms with E-state index in [4.69, 9.17) is 5.73 Å². The normalized spacial score (nSPS) is 16.3. The van der Waals surface area contributed by atoms with Crippen molar-refractivity contribution in [2.45, 2.75) is 137 Å². The molecular formula is C47H70N6O9. The van der Waals surface area contributed by atoms with E-state index in [1.165, 1.54) is 4.90 Å². The Morgan fingerprint density at radius 1 is 0.742 bits per heavy atom. The number of aliphatic hydroxyl groups is 1. The Hall–Kier alpha value is -5.31. The summed E-state index contributed by atoms with van der Waals surface area (Å²) in [6.07, 6.45) is 1.59. The van der Waals surface area contributed by atoms with Crippen LogP contribution >= 0.6 is 0 Å². The molecule has 1 aliphatic rings. The summed E-state index contributed by atoms with van der Waals surface area (Å²) in [7, 11) is 1.57. The molecule has 2 aromatic carbocycles. The van der Waals surface area contributed by atoms with E-state index in [-0.39, 0.29) is 24.2 Å². The molecule has 62 heavy (non-hydrogen) atoms. The molecule has 2 aromatic rings. The van der Waals surface area contributed by atoms with E-state index in [9.17, 15) is 43.8 Å². The molecule has 342 valence electrons. The number of primary amides is 1. The minimum atomic E-state index is -1.71. The standard InChI is InChI=1S/C47H70N6O9/c1-29(2)36(53(9)43(60)32(24-30-18-12-10-13-19-30)25-31-20-14-11-15-21-31)40(57)51-37(46(6,7)8)41(58)50-34(26-35(48)55)39(56)52-38(47(44(61)62)22-16-17-23-47)42(59)49-33(28-54)27-45(3,4)5/h10-15,18-21,29,32-34,36-38,54H,16-17,22-28H2,1-9H3,(H2,48,55)(H,49,59)(H,50,58)(H,51,57)(H,52,56)(H,61,62)/t33-,34-,36-,37+,38+/m0/s1. The summed E-state index contributed by atoms with van der Waals surface area (Å²) in [5.41, 5.74) is 4.47. The number of carboxylic acid groups (broad SMARTS) is 1. The third-order valence-corrected chi connectivity index (χ3v) is 11.6. The van der Waals surface area contributed by atoms with Crippen LogP contribution in [0.25, 0.3) is 0 Å². The van der Waals surface area contributed by atoms with Crippen LogP contribution in [0.5, 0.6) is 0 Å². The summed E-state index contributed by atoms with van der Waals surface area (Å²) >= 11 is 0. The van der Waals surface area contributed by atoms with Gasteiger partial charge in [0.1, 0.15) is 24.2 Å². The van der Waals surface area contributed by atoms with E-state index < -0.39 is 101 Å². The first-order valence-corrected chi connectivity index (χ1v) is 21.6. The molecule has 8 N–H and O–H groups in total. The number of nitrogens with one attached hydrogen (secondary N) is 4. The summed E-state index contributed by atoms with van der Waals surface area (Å²) in [5.74, 6) is -6.77. The highest BCUT2D eigenvalue weighted by Gasteiger charge is 2.53. The van der Waals surface area contributed by atoms with Gasteiger partial charge in [-0.3, -0.25) is 33.6 Å². The SMILES string of the molecule is CC(C)[C@@H](C(=O)N[C@H](C(=O)N[C@@H](CC(N)=O)C(=O)N[C@H](C(=O)N[C@H](CO)CC(C)(C)C)C1(C(=O)O)CCCC1)C(C)(C)C)N(C)C(=O)C(Cc1ccccc1)Cc1ccccc1. The zero-order valence-corrected chi connectivity index (χ0v) is 38.0. The lowest BCUT2D eigenvalue weighted by atomic mass is 9.77. The number of hydrogen-bond acceptors (Lipinski definition) is 8. The summed E-state index contributed by atoms with van der Waals surface area (Å²) in [6, 6.07) is 12.8. The summed E-state index contributed by atoms with van der Waals surface area (Å²) in [4.78, 5) is 97.7. The van der Waals surface area contributed by atoms with E-state index in [0.29, 0.717) is 32.1 Å². The molecule has 3 rings (SSSR count). The van der Waals surface area contributed by atoms with E-state index >= 15 is 0 Å². The number of carbonyl (C=O) groups is 7. The quantitative estimate of drug-likeness (QED) is 0.0972. The van der Waals surface area contributed by atoms with Crippen LogP contribution in [0.1, 0.15) is 105 Å². The highest BCUT2D eigenvalue weighted by Crippen LogP contribution is 2.42. The molecule has 15 nitrogen and oxygen atoms in total. The topological polar surface area (TPSA) is 237 Å². The minimum Gasteiger partial charge on any atom is -0.481 e. The maximum atomic E-state index is 14.4. The van der Waals surface area contributed by atoms with Crippen molar-refractivity contribution in [1.82, 2.24) is 26.2 Å². The van der Waals surface area contributed by atoms with Gasteiger partial charge in [-0.25, -0.2) is 0 Å². The first-order chi connectivity index (χ1) is 28.9. The second-order valence-electron chi connectivity index (χ2n) is 19.5. The molecule has 1 aliphatic carbocycles. The van der Waals surface area contributed by atoms with E-state index in [0.717, 1.165) is 11.1 Å². The maximum absolute atomic E-state index is 14.4. The first-order valence-electron chi connectivity index (χ1n) is 21.6. The van der Waals surface area contributed by atoms with Crippen molar-refractivity contribution in [3.8, 4) is 0 Å². The van der Waals surface area contributed by atoms with Gasteiger partial charge in [-0.2, -0.15) is 0 Å². The van der Waals surface area contributed by atoms with Crippen molar-refractivity contribution in [3.05, 3.63) is 71.8 Å². The number of hydrogen-bond donors (Lipinski definition) is 7. The minimum absolute atomic E-state index is 0.0714. The van der Waals surface area contributed by atoms with Crippen LogP contribution in [-0.4, -0.2) is 100 Å². The van der Waals surface area contributed by atoms with Crippen molar-refractivity contribution < 1.29 is 43.8 Å². The van der Waals surface area contributed by atoms with Crippen LogP contribution in [0.4, 0.5) is 0 Å². The van der Waals surface area contributed by atoms with Crippen LogP contribution in [0.2, 0.25) is 0 Å². The van der Waals surface area contributed by atoms with Gasteiger partial charge in [0.2, 0.25) is 35.4 Å². The van der Waals surface area contributed by atoms with Crippen LogP contribution in [0.15, 0.2) is 60.7 Å². The fourth-order valence-corrected chi connectivity index (χ4v) is 8.48. The van der Waals surface area contributed by atoms with E-state index in [2.05, 4.69) is 21.3 Å². The van der Waals surface area contributed by atoms with Gasteiger partial charge in [-0.1, -0.05) is 129 Å². The second-order valence-corrected chi connectivity index (χ2v) is 19.5. The monoisotopic (exact) mass is 863 g/mol. The number of carbonyl (C=O) groups excluding carboxylic acids is 6. The van der Waals surface area contributed by atoms with Crippen LogP contribution < -0.4 is 27.0 Å². The molecule has 0 unspecified atom stereocenters. The van der Waals surface area contributed by atoms with Crippen LogP contribution in [-0.2, 0) is 46.4 Å². The molecular weight excluding hydrogens is 793 g/mol. The van der Waals surface area contributed by atoms with Gasteiger partial charge in [0, 0.05) is 13.0 Å². The average Bonchev–Trinajstić information content (AvgIpc) is 3.68. The molecule has 1 fully saturated rings. The fourth-order valence-electron chi connectivity index (χ4n) is 8.48. The molecule has 15 heteroatoms. The molecule has 0 aromatic heterocycles. The van der Waals surface area contributed by atoms with Crippen molar-refractivity contribution in [2.75, 3.05) is 13.7 Å². The highest BCUT2D eigenvalue weighted by atomic mass is 16.4. The highest BCUT2D eigenvalue weighted by molar-refractivity contribution is 5.99. The molecule has 0 aliphatic heterocycles. The Kier molecular flexibility index (Phi) is 18.2. The van der Waals surface area contributed by atoms with Crippen molar-refractivity contribution >= 4 is 41.4 Å². The fraction of sp³-hybridized carbons (Fsp3) is 0.596. The number of rotatable bonds is 21. The number of nitrogens with zero attached hydrogens (tertiary/aromatic N) is 1. The van der Waals surface area contributed by atoms with Gasteiger partial charge < -0.3 is 42.1 Å². The Morgan fingerprint density at radius 3 is 1.68 bits per heavy atom. The van der Waals surface area contributed by atoms with Gasteiger partial charge in [0.25, 0.3) is 0 Å². The second kappa shape index (κ2) is 22.2. The van der Waals surface area contributed by atoms with Gasteiger partial charge in [0.15, 0.2) is 0 Å². The number of nitrogens with two attached hydrogens (primary N) is 1. The number of aliphatic carboxylic acids is 1. The van der Waals surface area contributed by atoms with Gasteiger partial charge in [-0.15, -0.1) is 0 Å². The predicted molar refractivity (Wildman–Crippen MR) is 236 cm³/mol. The number of amides is 6. The molecule has 0 saturated heterocycles. The predicted octanol–water partition coefficient (Wildman–Crippen LogP) is 3.51. The zero-order chi connectivity index (χ0) is 46.6. The summed E-state index contributed by atoms with van der Waals surface area (Å²) in [5, 5.41) is 31.2. The molecule has 0 bridgehead atoms. The average molecular weight is 863 g/mol. The maximum Gasteiger partial charge on any atom is 0.312 e. The van der Waals surface area contributed by atoms with Crippen molar-refractivity contribution in [1.29, 1.82) is 0 Å². The Morgan fingerprint density at radius 2 is 1.26 bits per heavy atom. The van der Waals surface area contributed by atoms with Crippen molar-refractivity contribution in [3.63, 3.8) is 0 Å². The van der Waals surface area contributed by atoms with Gasteiger partial charge in [0.05, 0.1) is 24.5 Å². The third kappa shape index (κ3) is 14.4. The van der Waals surface area contributed by atoms with E-state index in [1.54, 1.807) is 41.7 Å². The Bertz CT molecular complexity index is 1810. The van der Waals surface area contributed by atoms with Crippen LogP contribution in [0.3, 0.4) is 0 Å². The number of carboxylic acids is 1. The Balaban J connectivity index is 1.92. The van der Waals surface area contributed by atoms with Crippen molar-refractivity contribution in [2.24, 2.45) is 33.8 Å². The van der Waals surface area contributed by atoms with E-state index in [1.807, 2.05) is 81.4 Å². The number of aliphatic hydroxyl groups excluding tert-OH is 1. The smallest absolute Gasteiger partial charge is 0.312 e. The Labute approximate surface area is 366 Å². The lowest BCUT2D eigenvalue weighted by Crippen LogP contribution is -2.64. The van der Waals surface area contributed by atoms with Gasteiger partial charge >= 0.3 is 5.97 Å². The molecule has 0 radical (unpaired) electrons. The lowest BCUT2D eigenvalue weighted by molar-refractivity contribution is -0.155. The molecule has 6 amide bonds.